The van der Waals surface area contributed by atoms with E-state index in [1.807, 2.05) is 0 Å². The van der Waals surface area contributed by atoms with Crippen LogP contribution in [-0.2, 0) is 23.7 Å². The number of ether oxygens (including phenoxy) is 5. The van der Waals surface area contributed by atoms with Crippen molar-refractivity contribution in [3.8, 4) is 80.1 Å². The summed E-state index contributed by atoms with van der Waals surface area (Å²) in [6, 6.07) is 3.45. The first-order chi connectivity index (χ1) is 26.3. The summed E-state index contributed by atoms with van der Waals surface area (Å²) in [5.74, 6) is -20.1. The number of carbonyl (C=O) groups excluding carboxylic acids is 4. The summed E-state index contributed by atoms with van der Waals surface area (Å²) >= 11 is 0. The Hall–Kier alpha value is -7.72. The van der Waals surface area contributed by atoms with Crippen molar-refractivity contribution in [3.63, 3.8) is 0 Å². The highest BCUT2D eigenvalue weighted by Crippen LogP contribution is 2.53. The van der Waals surface area contributed by atoms with Gasteiger partial charge in [0.05, 0.1) is 22.3 Å². The lowest BCUT2D eigenvalue weighted by Gasteiger charge is -2.42. The Morgan fingerprint density at radius 2 is 0.964 bits per heavy atom. The Balaban J connectivity index is 1.51. The second-order valence-corrected chi connectivity index (χ2v) is 12.0. The summed E-state index contributed by atoms with van der Waals surface area (Å²) in [5, 5.41) is 134. The van der Waals surface area contributed by atoms with Crippen LogP contribution in [0.3, 0.4) is 0 Å². The largest absolute Gasteiger partial charge is 0.504 e. The first-order valence-electron chi connectivity index (χ1n) is 15.5. The third kappa shape index (κ3) is 6.45. The molecular weight excluding hydrogens is 760 g/mol. The minimum atomic E-state index is -2.44. The molecular formula is C34H26O22. The SMILES string of the molecule is O=C(O[C@H]1O[C@@H]2COC(=O)c3cc(O)c(O)c(O)c3-c3c(cc(O)c(O)c3O)C(=O)O[C@H]([C@H]1O)[C@@H]2OC(=O)c1cc(O)c(O)c(O)c1)c1cc(O)c(O)c(O)c1. The molecule has 2 bridgehead atoms. The molecule has 294 valence electrons. The Morgan fingerprint density at radius 1 is 0.554 bits per heavy atom. The lowest BCUT2D eigenvalue weighted by Crippen LogP contribution is -2.62. The first kappa shape index (κ1) is 38.0. The number of esters is 4. The summed E-state index contributed by atoms with van der Waals surface area (Å²) in [7, 11) is 0. The molecule has 4 aromatic rings. The molecule has 22 heteroatoms. The van der Waals surface area contributed by atoms with Crippen LogP contribution in [0.25, 0.3) is 11.1 Å². The van der Waals surface area contributed by atoms with Crippen LogP contribution < -0.4 is 0 Å². The maximum absolute atomic E-state index is 14.0. The Labute approximate surface area is 309 Å². The van der Waals surface area contributed by atoms with Crippen molar-refractivity contribution in [1.82, 2.24) is 0 Å². The molecule has 0 amide bonds. The molecule has 0 spiro atoms. The van der Waals surface area contributed by atoms with Crippen LogP contribution in [-0.4, -0.2) is 128 Å². The lowest BCUT2D eigenvalue weighted by molar-refractivity contribution is -0.283. The van der Waals surface area contributed by atoms with Crippen molar-refractivity contribution in [2.75, 3.05) is 6.61 Å². The molecule has 4 aromatic carbocycles. The highest BCUT2D eigenvalue weighted by molar-refractivity contribution is 6.08. The van der Waals surface area contributed by atoms with Crippen molar-refractivity contribution < 1.29 is 109 Å². The number of phenols is 12. The van der Waals surface area contributed by atoms with Crippen molar-refractivity contribution >= 4 is 23.9 Å². The topological polar surface area (TPSA) is 377 Å². The van der Waals surface area contributed by atoms with Gasteiger partial charge in [0.15, 0.2) is 75.8 Å². The molecule has 0 radical (unpaired) electrons. The maximum atomic E-state index is 14.0. The first-order valence-corrected chi connectivity index (χ1v) is 15.5. The summed E-state index contributed by atoms with van der Waals surface area (Å²) in [4.78, 5) is 54.1. The zero-order valence-corrected chi connectivity index (χ0v) is 27.5. The van der Waals surface area contributed by atoms with Gasteiger partial charge in [-0.25, -0.2) is 19.2 Å². The molecule has 0 unspecified atom stereocenters. The molecule has 13 N–H and O–H groups in total. The number of fused-ring (bicyclic) bond motifs is 5. The molecule has 2 aliphatic rings. The van der Waals surface area contributed by atoms with Gasteiger partial charge < -0.3 is 90.1 Å². The summed E-state index contributed by atoms with van der Waals surface area (Å²) in [6.45, 7) is -1.14. The molecule has 1 saturated heterocycles. The van der Waals surface area contributed by atoms with E-state index >= 15 is 0 Å². The Kier molecular flexibility index (Phi) is 9.45. The monoisotopic (exact) mass is 786 g/mol. The lowest BCUT2D eigenvalue weighted by atomic mass is 9.91. The summed E-state index contributed by atoms with van der Waals surface area (Å²) in [5.41, 5.74) is -5.32. The molecule has 2 aliphatic heterocycles. The molecule has 2 heterocycles. The fourth-order valence-corrected chi connectivity index (χ4v) is 5.75. The third-order valence-electron chi connectivity index (χ3n) is 8.51. The minimum Gasteiger partial charge on any atom is -0.504 e. The van der Waals surface area contributed by atoms with E-state index in [4.69, 9.17) is 23.7 Å². The molecule has 56 heavy (non-hydrogen) atoms. The van der Waals surface area contributed by atoms with Crippen LogP contribution in [0, 0.1) is 0 Å². The molecule has 0 aromatic heterocycles. The highest BCUT2D eigenvalue weighted by Gasteiger charge is 2.53. The van der Waals surface area contributed by atoms with Crippen LogP contribution in [0.4, 0.5) is 0 Å². The van der Waals surface area contributed by atoms with E-state index < -0.39 is 164 Å². The molecule has 22 nitrogen and oxygen atoms in total. The highest BCUT2D eigenvalue weighted by atomic mass is 16.7. The average molecular weight is 787 g/mol. The van der Waals surface area contributed by atoms with Gasteiger partial charge in [-0.05, 0) is 36.4 Å². The quantitative estimate of drug-likeness (QED) is 0.0768. The van der Waals surface area contributed by atoms with Gasteiger partial charge in [-0.3, -0.25) is 0 Å². The standard InChI is InChI=1S/C34H26O22/c35-12-1-8(2-13(36)21(12)41)30(48)54-28-18-7-52-32(50)10-5-16(39)23(43)25(45)19(10)20-11(6-17(40)24(44)26(20)46)33(51)55-29(28)27(47)34(53-18)56-31(49)9-3-14(37)22(42)15(38)4-9/h1-6,18,27-29,34-47H,7H2/t18-,27-,28-,29-,34-/m1/s1. The number of aliphatic hydroxyl groups excluding tert-OH is 1. The predicted octanol–water partition coefficient (Wildman–Crippen LogP) is 0.685. The zero-order valence-electron chi connectivity index (χ0n) is 27.5. The van der Waals surface area contributed by atoms with Crippen LogP contribution in [0.2, 0.25) is 0 Å². The van der Waals surface area contributed by atoms with E-state index in [9.17, 15) is 85.6 Å². The second-order valence-electron chi connectivity index (χ2n) is 12.0. The minimum absolute atomic E-state index is 0.435. The van der Waals surface area contributed by atoms with Gasteiger partial charge in [0.2, 0.25) is 17.8 Å². The van der Waals surface area contributed by atoms with E-state index in [1.54, 1.807) is 0 Å². The Morgan fingerprint density at radius 3 is 1.43 bits per heavy atom. The predicted molar refractivity (Wildman–Crippen MR) is 174 cm³/mol. The Bertz CT molecular complexity index is 2290. The van der Waals surface area contributed by atoms with Gasteiger partial charge in [0.25, 0.3) is 0 Å². The van der Waals surface area contributed by atoms with Crippen molar-refractivity contribution in [2.24, 2.45) is 0 Å². The molecule has 0 saturated carbocycles. The summed E-state index contributed by atoms with van der Waals surface area (Å²) in [6.07, 6.45) is -11.2. The molecule has 5 atom stereocenters. The molecule has 1 fully saturated rings. The number of hydrogen-bond donors (Lipinski definition) is 13. The second kappa shape index (κ2) is 13.9. The van der Waals surface area contributed by atoms with Gasteiger partial charge >= 0.3 is 23.9 Å². The van der Waals surface area contributed by atoms with E-state index in [-0.39, 0.29) is 0 Å². The van der Waals surface area contributed by atoms with E-state index in [0.717, 1.165) is 0 Å². The van der Waals surface area contributed by atoms with E-state index in [0.29, 0.717) is 36.4 Å². The van der Waals surface area contributed by atoms with Crippen molar-refractivity contribution in [3.05, 3.63) is 58.7 Å². The number of benzene rings is 4. The smallest absolute Gasteiger partial charge is 0.340 e. The van der Waals surface area contributed by atoms with Crippen LogP contribution in [0.15, 0.2) is 36.4 Å². The number of cyclic esters (lactones) is 1. The van der Waals surface area contributed by atoms with Crippen molar-refractivity contribution in [1.29, 1.82) is 0 Å². The van der Waals surface area contributed by atoms with Gasteiger partial charge in [-0.2, -0.15) is 0 Å². The molecule has 6 rings (SSSR count). The van der Waals surface area contributed by atoms with Crippen LogP contribution in [0.5, 0.6) is 69.0 Å². The summed E-state index contributed by atoms with van der Waals surface area (Å²) < 4.78 is 27.0. The van der Waals surface area contributed by atoms with Crippen LogP contribution in [0.1, 0.15) is 41.4 Å². The van der Waals surface area contributed by atoms with Crippen molar-refractivity contribution in [2.45, 2.75) is 30.7 Å². The third-order valence-corrected chi connectivity index (χ3v) is 8.51. The van der Waals surface area contributed by atoms with Crippen LogP contribution >= 0.6 is 0 Å². The van der Waals surface area contributed by atoms with Gasteiger partial charge in [-0.1, -0.05) is 0 Å². The van der Waals surface area contributed by atoms with E-state index in [2.05, 4.69) is 0 Å². The average Bonchev–Trinajstić information content (AvgIpc) is 3.14. The fourth-order valence-electron chi connectivity index (χ4n) is 5.75. The normalized spacial score (nSPS) is 20.6. The van der Waals surface area contributed by atoms with Gasteiger partial charge in [0, 0.05) is 11.1 Å². The number of aromatic hydroxyl groups is 12. The fraction of sp³-hybridized carbons (Fsp3) is 0.176. The molecule has 0 aliphatic carbocycles. The number of carbonyl (C=O) groups is 4. The maximum Gasteiger partial charge on any atom is 0.340 e. The number of phenolic OH excluding ortho intramolecular Hbond substituents is 12. The van der Waals surface area contributed by atoms with E-state index in [1.165, 1.54) is 0 Å². The number of hydrogen-bond acceptors (Lipinski definition) is 22. The number of aliphatic hydroxyl groups is 1. The van der Waals surface area contributed by atoms with Gasteiger partial charge in [-0.15, -0.1) is 0 Å². The number of rotatable bonds is 4. The van der Waals surface area contributed by atoms with Gasteiger partial charge in [0.1, 0.15) is 12.7 Å². The zero-order chi connectivity index (χ0) is 41.1.